The molecule has 0 spiro atoms. The molecule has 0 aliphatic carbocycles. The summed E-state index contributed by atoms with van der Waals surface area (Å²) in [7, 11) is 2.17. The third kappa shape index (κ3) is 7.03. The van der Waals surface area contributed by atoms with Crippen molar-refractivity contribution >= 4 is 28.2 Å². The van der Waals surface area contributed by atoms with Crippen LogP contribution in [0.1, 0.15) is 55.5 Å². The number of anilines is 2. The van der Waals surface area contributed by atoms with Crippen molar-refractivity contribution in [1.82, 2.24) is 19.9 Å². The van der Waals surface area contributed by atoms with Crippen LogP contribution in [0.4, 0.5) is 11.5 Å². The van der Waals surface area contributed by atoms with E-state index in [1.165, 1.54) is 5.56 Å². The van der Waals surface area contributed by atoms with Gasteiger partial charge in [0.15, 0.2) is 0 Å². The van der Waals surface area contributed by atoms with E-state index in [1.807, 2.05) is 18.5 Å². The molecular formula is C29H35N5S. The first-order chi connectivity index (χ1) is 17.0. The lowest BCUT2D eigenvalue weighted by atomic mass is 9.97. The maximum atomic E-state index is 5.04. The molecule has 1 atom stereocenters. The van der Waals surface area contributed by atoms with Gasteiger partial charge in [-0.15, -0.1) is 0 Å². The zero-order chi connectivity index (χ0) is 24.6. The fourth-order valence-electron chi connectivity index (χ4n) is 4.27. The molecule has 1 aliphatic heterocycles. The van der Waals surface area contributed by atoms with Gasteiger partial charge in [0, 0.05) is 52.6 Å². The lowest BCUT2D eigenvalue weighted by molar-refractivity contribution is 0.246. The zero-order valence-electron chi connectivity index (χ0n) is 21.0. The molecule has 3 aromatic rings. The second-order valence-corrected chi connectivity index (χ2v) is 10.3. The van der Waals surface area contributed by atoms with Gasteiger partial charge in [0.25, 0.3) is 0 Å². The average molecular weight is 486 g/mol. The number of nitrogens with one attached hydrogen (secondary N) is 1. The Labute approximate surface area is 213 Å². The Morgan fingerprint density at radius 2 is 2.11 bits per heavy atom. The van der Waals surface area contributed by atoms with Crippen LogP contribution in [0.5, 0.6) is 0 Å². The van der Waals surface area contributed by atoms with Gasteiger partial charge in [-0.1, -0.05) is 49.9 Å². The Kier molecular flexibility index (Phi) is 8.72. The average Bonchev–Trinajstić information content (AvgIpc) is 2.86. The summed E-state index contributed by atoms with van der Waals surface area (Å²) >= 11 is 1.64. The first-order valence-corrected chi connectivity index (χ1v) is 13.3. The van der Waals surface area contributed by atoms with Crippen LogP contribution in [0.15, 0.2) is 66.9 Å². The molecule has 0 bridgehead atoms. The molecule has 6 heteroatoms. The summed E-state index contributed by atoms with van der Waals surface area (Å²) < 4.78 is 0. The van der Waals surface area contributed by atoms with E-state index >= 15 is 0 Å². The lowest BCUT2D eigenvalue weighted by Crippen LogP contribution is -2.31. The van der Waals surface area contributed by atoms with Crippen LogP contribution in [-0.4, -0.2) is 40.0 Å². The minimum Gasteiger partial charge on any atom is -0.340 e. The van der Waals surface area contributed by atoms with Gasteiger partial charge in [-0.2, -0.15) is 0 Å². The quantitative estimate of drug-likeness (QED) is 0.340. The Balaban J connectivity index is 1.66. The van der Waals surface area contributed by atoms with E-state index in [9.17, 15) is 0 Å². The van der Waals surface area contributed by atoms with Crippen molar-refractivity contribution in [2.75, 3.05) is 25.5 Å². The monoisotopic (exact) mass is 485 g/mol. The second-order valence-electron chi connectivity index (χ2n) is 9.26. The van der Waals surface area contributed by atoms with E-state index in [-0.39, 0.29) is 0 Å². The molecule has 0 amide bonds. The lowest BCUT2D eigenvalue weighted by Gasteiger charge is -2.29. The molecular weight excluding hydrogens is 450 g/mol. The summed E-state index contributed by atoms with van der Waals surface area (Å²) in [4.78, 5) is 17.9. The first kappa shape index (κ1) is 25.1. The number of allylic oxidation sites excluding steroid dienone is 1. The molecule has 1 aliphatic rings. The predicted octanol–water partition coefficient (Wildman–Crippen LogP) is 7.42. The summed E-state index contributed by atoms with van der Waals surface area (Å²) in [6.07, 6.45) is 10.4. The third-order valence-electron chi connectivity index (χ3n) is 6.14. The molecule has 2 aromatic heterocycles. The number of likely N-dealkylation sites (tertiary alicyclic amines) is 1. The van der Waals surface area contributed by atoms with Gasteiger partial charge in [0.1, 0.15) is 11.6 Å². The van der Waals surface area contributed by atoms with Crippen molar-refractivity contribution in [3.05, 3.63) is 83.8 Å². The smallest absolute Gasteiger partial charge is 0.135 e. The van der Waals surface area contributed by atoms with Gasteiger partial charge < -0.3 is 10.2 Å². The van der Waals surface area contributed by atoms with Crippen molar-refractivity contribution in [2.24, 2.45) is 0 Å². The van der Waals surface area contributed by atoms with Gasteiger partial charge in [-0.3, -0.25) is 4.98 Å². The molecule has 1 aromatic carbocycles. The molecule has 1 N–H and O–H groups in total. The number of benzene rings is 1. The third-order valence-corrected chi connectivity index (χ3v) is 6.99. The number of aryl methyl sites for hydroxylation is 1. The highest BCUT2D eigenvalue weighted by atomic mass is 32.2. The number of piperidine rings is 1. The van der Waals surface area contributed by atoms with Gasteiger partial charge >= 0.3 is 0 Å². The van der Waals surface area contributed by atoms with Crippen LogP contribution in [-0.2, 0) is 0 Å². The maximum Gasteiger partial charge on any atom is 0.135 e. The minimum absolute atomic E-state index is 0.317. The molecule has 0 radical (unpaired) electrons. The summed E-state index contributed by atoms with van der Waals surface area (Å²) in [6, 6.07) is 12.5. The molecule has 35 heavy (non-hydrogen) atoms. The minimum atomic E-state index is 0.317. The van der Waals surface area contributed by atoms with Crippen molar-refractivity contribution in [2.45, 2.75) is 45.4 Å². The number of hydrogen-bond acceptors (Lipinski definition) is 6. The largest absolute Gasteiger partial charge is 0.340 e. The Hall–Kier alpha value is -2.96. The van der Waals surface area contributed by atoms with Gasteiger partial charge in [0.2, 0.25) is 0 Å². The normalized spacial score (nSPS) is 16.5. The summed E-state index contributed by atoms with van der Waals surface area (Å²) in [5.74, 6) is 2.02. The number of pyridine rings is 1. The van der Waals surface area contributed by atoms with E-state index in [0.29, 0.717) is 5.92 Å². The van der Waals surface area contributed by atoms with Crippen LogP contribution < -0.4 is 5.32 Å². The molecule has 5 nitrogen and oxygen atoms in total. The number of thioether (sulfide) groups is 1. The van der Waals surface area contributed by atoms with E-state index < -0.39 is 0 Å². The zero-order valence-corrected chi connectivity index (χ0v) is 21.8. The van der Waals surface area contributed by atoms with Gasteiger partial charge in [-0.05, 0) is 68.9 Å². The van der Waals surface area contributed by atoms with Crippen molar-refractivity contribution < 1.29 is 0 Å². The molecule has 1 saturated heterocycles. The number of unbranched alkanes of at least 4 members (excludes halogenated alkanes) is 1. The predicted molar refractivity (Wildman–Crippen MR) is 150 cm³/mol. The van der Waals surface area contributed by atoms with Crippen LogP contribution in [0, 0.1) is 6.92 Å². The second kappa shape index (κ2) is 12.1. The Bertz CT molecular complexity index is 1190. The van der Waals surface area contributed by atoms with Crippen LogP contribution in [0.25, 0.3) is 16.2 Å². The number of aromatic nitrogens is 3. The summed E-state index contributed by atoms with van der Waals surface area (Å²) in [5.41, 5.74) is 5.10. The van der Waals surface area contributed by atoms with Gasteiger partial charge in [-0.25, -0.2) is 9.97 Å². The maximum absolute atomic E-state index is 5.04. The highest BCUT2D eigenvalue weighted by molar-refractivity contribution is 8.10. The number of hydrogen-bond donors (Lipinski definition) is 1. The highest BCUT2D eigenvalue weighted by Gasteiger charge is 2.23. The van der Waals surface area contributed by atoms with Crippen molar-refractivity contribution in [1.29, 1.82) is 0 Å². The molecule has 0 saturated carbocycles. The number of nitrogens with zero attached hydrogens (tertiary/aromatic N) is 4. The summed E-state index contributed by atoms with van der Waals surface area (Å²) in [6.45, 7) is 10.6. The Morgan fingerprint density at radius 3 is 2.91 bits per heavy atom. The molecule has 1 fully saturated rings. The summed E-state index contributed by atoms with van der Waals surface area (Å²) in [5, 5.41) is 5.62. The van der Waals surface area contributed by atoms with Crippen molar-refractivity contribution in [3.8, 4) is 11.3 Å². The number of likely N-dealkylation sites (N-methyl/N-ethyl adjacent to an activating group) is 1. The molecule has 182 valence electrons. The van der Waals surface area contributed by atoms with E-state index in [4.69, 9.17) is 9.97 Å². The molecule has 1 unspecified atom stereocenters. The van der Waals surface area contributed by atoms with Gasteiger partial charge in [0.05, 0.1) is 5.69 Å². The standard InChI is InChI=1S/C29H35N5S/c1-5-6-7-14-35-22(3)24-16-25(19-30-18-24)27-17-28(31-26-12-8-10-21(2)15-26)33-29(32-27)23-11-9-13-34(4)20-23/h7-8,10,12,14-19,23H,3,5-6,9,11,13,20H2,1-2,4H3,(H,31,32,33)/b14-7-. The fourth-order valence-corrected chi connectivity index (χ4v) is 4.92. The fraction of sp³-hybridized carbons (Fsp3) is 0.345. The van der Waals surface area contributed by atoms with Crippen LogP contribution in [0.3, 0.4) is 0 Å². The topological polar surface area (TPSA) is 53.9 Å². The first-order valence-electron chi connectivity index (χ1n) is 12.4. The van der Waals surface area contributed by atoms with E-state index in [2.05, 4.69) is 84.5 Å². The van der Waals surface area contributed by atoms with Crippen LogP contribution >= 0.6 is 11.8 Å². The van der Waals surface area contributed by atoms with Crippen molar-refractivity contribution in [3.63, 3.8) is 0 Å². The number of rotatable bonds is 9. The highest BCUT2D eigenvalue weighted by Crippen LogP contribution is 2.32. The SMILES string of the molecule is C=C(S/C=C\CCC)c1cncc(-c2cc(Nc3cccc(C)c3)nc(C3CCCN(C)C3)n2)c1. The molecule has 3 heterocycles. The molecule has 4 rings (SSSR count). The van der Waals surface area contributed by atoms with E-state index in [0.717, 1.165) is 77.8 Å². The van der Waals surface area contributed by atoms with Crippen LogP contribution in [0.2, 0.25) is 0 Å². The van der Waals surface area contributed by atoms with E-state index in [1.54, 1.807) is 11.8 Å². The Morgan fingerprint density at radius 1 is 1.23 bits per heavy atom.